The van der Waals surface area contributed by atoms with Crippen LogP contribution in [0.2, 0.25) is 0 Å². The Labute approximate surface area is 224 Å². The number of carbonyl (C=O) groups excluding carboxylic acids is 3. The normalized spacial score (nSPS) is 28.4. The summed E-state index contributed by atoms with van der Waals surface area (Å²) >= 11 is 0. The van der Waals surface area contributed by atoms with E-state index in [0.29, 0.717) is 35.5 Å². The summed E-state index contributed by atoms with van der Waals surface area (Å²) in [5.41, 5.74) is 1.66. The number of benzene rings is 3. The second kappa shape index (κ2) is 7.83. The number of non-ortho nitro benzene ring substituents is 1. The summed E-state index contributed by atoms with van der Waals surface area (Å²) in [6.07, 6.45) is 1.41. The van der Waals surface area contributed by atoms with Crippen LogP contribution in [0.3, 0.4) is 0 Å². The lowest BCUT2D eigenvalue weighted by Gasteiger charge is -2.38. The summed E-state index contributed by atoms with van der Waals surface area (Å²) in [5, 5.41) is 17.7. The van der Waals surface area contributed by atoms with Crippen LogP contribution in [0, 0.1) is 29.9 Å². The maximum atomic E-state index is 14.8. The number of nitro groups is 1. The molecule has 2 N–H and O–H groups in total. The van der Waals surface area contributed by atoms with Crippen LogP contribution in [0.1, 0.15) is 45.5 Å². The lowest BCUT2D eigenvalue weighted by Crippen LogP contribution is -2.55. The molecule has 4 aliphatic rings. The van der Waals surface area contributed by atoms with E-state index in [-0.39, 0.29) is 23.1 Å². The zero-order valence-corrected chi connectivity index (χ0v) is 21.5. The molecular formula is C30H26N4O5. The average molecular weight is 523 g/mol. The van der Waals surface area contributed by atoms with E-state index < -0.39 is 33.6 Å². The molecule has 196 valence electrons. The maximum Gasteiger partial charge on any atom is 0.270 e. The van der Waals surface area contributed by atoms with Crippen molar-refractivity contribution < 1.29 is 19.3 Å². The van der Waals surface area contributed by atoms with Gasteiger partial charge in [-0.25, -0.2) is 0 Å². The van der Waals surface area contributed by atoms with E-state index >= 15 is 0 Å². The van der Waals surface area contributed by atoms with Gasteiger partial charge in [-0.15, -0.1) is 0 Å². The Bertz CT molecular complexity index is 1650. The number of amides is 2. The fraction of sp³-hybridized carbons (Fsp3) is 0.300. The zero-order valence-electron chi connectivity index (χ0n) is 21.5. The van der Waals surface area contributed by atoms with Crippen LogP contribution in [0.4, 0.5) is 17.1 Å². The van der Waals surface area contributed by atoms with Gasteiger partial charge in [0.05, 0.1) is 10.8 Å². The molecule has 0 aromatic heterocycles. The van der Waals surface area contributed by atoms with Gasteiger partial charge in [0.25, 0.3) is 5.69 Å². The summed E-state index contributed by atoms with van der Waals surface area (Å²) in [7, 11) is 0. The lowest BCUT2D eigenvalue weighted by atomic mass is 9.60. The molecule has 9 nitrogen and oxygen atoms in total. The molecule has 0 radical (unpaired) electrons. The number of aryl methyl sites for hydroxylation is 1. The van der Waals surface area contributed by atoms with Crippen molar-refractivity contribution in [1.82, 2.24) is 4.90 Å². The van der Waals surface area contributed by atoms with Crippen molar-refractivity contribution in [2.75, 3.05) is 17.2 Å². The molecule has 4 atom stereocenters. The first-order chi connectivity index (χ1) is 18.7. The summed E-state index contributed by atoms with van der Waals surface area (Å²) in [5.74, 6) is -2.26. The number of para-hydroxylation sites is 1. The molecule has 2 spiro atoms. The van der Waals surface area contributed by atoms with Crippen LogP contribution in [0.15, 0.2) is 60.7 Å². The number of nitrogens with one attached hydrogen (secondary N) is 2. The van der Waals surface area contributed by atoms with E-state index in [1.807, 2.05) is 50.2 Å². The van der Waals surface area contributed by atoms with Gasteiger partial charge >= 0.3 is 0 Å². The average Bonchev–Trinajstić information content (AvgIpc) is 3.65. The Kier molecular flexibility index (Phi) is 4.76. The highest BCUT2D eigenvalue weighted by molar-refractivity contribution is 6.19. The Morgan fingerprint density at radius 1 is 1.00 bits per heavy atom. The number of rotatable bonds is 3. The van der Waals surface area contributed by atoms with Gasteiger partial charge in [0, 0.05) is 40.7 Å². The van der Waals surface area contributed by atoms with E-state index in [4.69, 9.17) is 0 Å². The van der Waals surface area contributed by atoms with Crippen LogP contribution in [-0.4, -0.2) is 40.0 Å². The van der Waals surface area contributed by atoms with Crippen molar-refractivity contribution in [2.45, 2.75) is 43.7 Å². The van der Waals surface area contributed by atoms with Gasteiger partial charge in [0.2, 0.25) is 11.8 Å². The number of ketones is 1. The van der Waals surface area contributed by atoms with Gasteiger partial charge < -0.3 is 10.6 Å². The third-order valence-corrected chi connectivity index (χ3v) is 9.44. The van der Waals surface area contributed by atoms with Crippen molar-refractivity contribution in [3.05, 3.63) is 98.6 Å². The topological polar surface area (TPSA) is 122 Å². The number of nitro benzene ring substituents is 1. The Morgan fingerprint density at radius 2 is 1.79 bits per heavy atom. The third-order valence-electron chi connectivity index (χ3n) is 9.44. The standard InChI is InChI=1S/C30H26N4O5/c1-16-12-13-21-24(17(16)2)32-28(37)30(21)26(25(35)18-7-5-8-19(15-18)34(38)39)29(23-11-6-14-33(23)30)20-9-3-4-10-22(20)31-27(29)36/h3-5,7-10,12-13,15,23,26H,6,11,14H2,1-2H3,(H,31,36)(H,32,37)/t23-,26+,29+,30-/m0/s1. The second-order valence-corrected chi connectivity index (χ2v) is 11.0. The van der Waals surface area contributed by atoms with Gasteiger partial charge in [-0.05, 0) is 56.0 Å². The molecule has 9 heteroatoms. The van der Waals surface area contributed by atoms with Gasteiger partial charge in [0.1, 0.15) is 11.0 Å². The first-order valence-corrected chi connectivity index (χ1v) is 13.1. The van der Waals surface area contributed by atoms with Crippen molar-refractivity contribution in [3.8, 4) is 0 Å². The minimum atomic E-state index is -1.45. The Morgan fingerprint density at radius 3 is 2.59 bits per heavy atom. The molecule has 2 fully saturated rings. The van der Waals surface area contributed by atoms with Gasteiger partial charge in [0.15, 0.2) is 5.78 Å². The van der Waals surface area contributed by atoms with Crippen LogP contribution >= 0.6 is 0 Å². The molecule has 3 aromatic carbocycles. The van der Waals surface area contributed by atoms with Gasteiger partial charge in [-0.3, -0.25) is 29.4 Å². The number of anilines is 2. The highest BCUT2D eigenvalue weighted by Crippen LogP contribution is 2.66. The number of fused-ring (bicyclic) bond motifs is 7. The monoisotopic (exact) mass is 522 g/mol. The first-order valence-electron chi connectivity index (χ1n) is 13.1. The number of Topliss-reactive ketones (excluding diaryl/α,β-unsaturated/α-hetero) is 1. The van der Waals surface area contributed by atoms with Crippen molar-refractivity contribution in [1.29, 1.82) is 0 Å². The zero-order chi connectivity index (χ0) is 27.3. The third kappa shape index (κ3) is 2.70. The highest BCUT2D eigenvalue weighted by atomic mass is 16.6. The number of carbonyl (C=O) groups is 3. The molecule has 0 bridgehead atoms. The van der Waals surface area contributed by atoms with Crippen LogP contribution in [0.5, 0.6) is 0 Å². The van der Waals surface area contributed by atoms with Gasteiger partial charge in [-0.2, -0.15) is 0 Å². The minimum absolute atomic E-state index is 0.108. The molecule has 3 aromatic rings. The molecular weight excluding hydrogens is 496 g/mol. The molecule has 4 heterocycles. The van der Waals surface area contributed by atoms with E-state index in [1.165, 1.54) is 24.3 Å². The molecule has 39 heavy (non-hydrogen) atoms. The van der Waals surface area contributed by atoms with E-state index in [0.717, 1.165) is 17.5 Å². The van der Waals surface area contributed by atoms with E-state index in [1.54, 1.807) is 0 Å². The fourth-order valence-electron chi connectivity index (χ4n) is 7.80. The number of hydrogen-bond donors (Lipinski definition) is 2. The van der Waals surface area contributed by atoms with E-state index in [2.05, 4.69) is 15.5 Å². The molecule has 2 saturated heterocycles. The van der Waals surface area contributed by atoms with Crippen molar-refractivity contribution in [2.24, 2.45) is 5.92 Å². The summed E-state index contributed by atoms with van der Waals surface area (Å²) in [6.45, 7) is 4.45. The molecule has 7 rings (SSSR count). The Hall–Kier alpha value is -4.37. The van der Waals surface area contributed by atoms with Crippen molar-refractivity contribution in [3.63, 3.8) is 0 Å². The van der Waals surface area contributed by atoms with E-state index in [9.17, 15) is 24.5 Å². The molecule has 2 amide bonds. The quantitative estimate of drug-likeness (QED) is 0.302. The predicted molar refractivity (Wildman–Crippen MR) is 144 cm³/mol. The summed E-state index contributed by atoms with van der Waals surface area (Å²) in [4.78, 5) is 56.6. The molecule has 0 unspecified atom stereocenters. The van der Waals surface area contributed by atoms with Crippen LogP contribution in [-0.2, 0) is 20.5 Å². The Balaban J connectivity index is 1.58. The maximum absolute atomic E-state index is 14.8. The fourth-order valence-corrected chi connectivity index (χ4v) is 7.80. The lowest BCUT2D eigenvalue weighted by molar-refractivity contribution is -0.384. The smallest absolute Gasteiger partial charge is 0.270 e. The van der Waals surface area contributed by atoms with Gasteiger partial charge in [-0.1, -0.05) is 42.5 Å². The number of nitrogens with zero attached hydrogens (tertiary/aromatic N) is 2. The SMILES string of the molecule is Cc1ccc2c(c1C)NC(=O)[C@@]21[C@H](C(=O)c2cccc([N+](=O)[O-])c2)[C@]2(C(=O)Nc3ccccc32)[C@@H]2CCCN21. The van der Waals surface area contributed by atoms with Crippen LogP contribution in [0.25, 0.3) is 0 Å². The predicted octanol–water partition coefficient (Wildman–Crippen LogP) is 4.23. The first kappa shape index (κ1) is 23.7. The van der Waals surface area contributed by atoms with Crippen molar-refractivity contribution >= 4 is 34.7 Å². The number of hydrogen-bond acceptors (Lipinski definition) is 6. The summed E-state index contributed by atoms with van der Waals surface area (Å²) in [6, 6.07) is 16.4. The molecule has 0 aliphatic carbocycles. The van der Waals surface area contributed by atoms with Crippen LogP contribution < -0.4 is 10.6 Å². The molecule has 4 aliphatic heterocycles. The largest absolute Gasteiger partial charge is 0.325 e. The summed E-state index contributed by atoms with van der Waals surface area (Å²) < 4.78 is 0. The minimum Gasteiger partial charge on any atom is -0.325 e. The molecule has 0 saturated carbocycles. The highest BCUT2D eigenvalue weighted by Gasteiger charge is 2.78. The second-order valence-electron chi connectivity index (χ2n) is 11.0.